The molecule has 2 rings (SSSR count). The summed E-state index contributed by atoms with van der Waals surface area (Å²) in [4.78, 5) is 22.0. The second kappa shape index (κ2) is 15.5. The highest BCUT2D eigenvalue weighted by atomic mass is 16.8. The van der Waals surface area contributed by atoms with E-state index in [0.717, 1.165) is 51.4 Å². The van der Waals surface area contributed by atoms with Crippen LogP contribution >= 0.6 is 0 Å². The third kappa shape index (κ3) is 18.0. The van der Waals surface area contributed by atoms with Crippen molar-refractivity contribution < 1.29 is 44.2 Å². The number of rotatable bonds is 2. The number of ether oxygens (including phenoxy) is 3. The van der Waals surface area contributed by atoms with E-state index in [2.05, 4.69) is 4.74 Å². The normalized spacial score (nSPS) is 19.0. The Balaban J connectivity index is 0. The van der Waals surface area contributed by atoms with E-state index in [1.165, 1.54) is 12.8 Å². The van der Waals surface area contributed by atoms with Crippen LogP contribution in [0.4, 0.5) is 9.59 Å². The molecule has 0 bridgehead atoms. The lowest BCUT2D eigenvalue weighted by molar-refractivity contribution is -0.0421. The Bertz CT molecular complexity index is 514. The number of aliphatic hydroxyl groups is 4. The van der Waals surface area contributed by atoms with Crippen molar-refractivity contribution in [3.05, 3.63) is 0 Å². The van der Waals surface area contributed by atoms with Crippen molar-refractivity contribution in [2.45, 2.75) is 136 Å². The highest BCUT2D eigenvalue weighted by Crippen LogP contribution is 2.27. The molecular weight excluding hydrogens is 444 g/mol. The summed E-state index contributed by atoms with van der Waals surface area (Å²) in [7, 11) is 0. The van der Waals surface area contributed by atoms with E-state index in [1.807, 2.05) is 0 Å². The van der Waals surface area contributed by atoms with Crippen LogP contribution in [0.3, 0.4) is 0 Å². The lowest BCUT2D eigenvalue weighted by Crippen LogP contribution is -2.35. The van der Waals surface area contributed by atoms with E-state index in [-0.39, 0.29) is 20.6 Å². The van der Waals surface area contributed by atoms with Gasteiger partial charge in [-0.15, -0.1) is 0 Å². The predicted octanol–water partition coefficient (Wildman–Crippen LogP) is 4.86. The van der Waals surface area contributed by atoms with Crippen LogP contribution in [0.15, 0.2) is 0 Å². The molecule has 0 aromatic heterocycles. The topological polar surface area (TPSA) is 143 Å². The van der Waals surface area contributed by atoms with Gasteiger partial charge in [0.1, 0.15) is 11.2 Å². The molecule has 0 amide bonds. The molecule has 9 heteroatoms. The van der Waals surface area contributed by atoms with Crippen LogP contribution < -0.4 is 0 Å². The van der Waals surface area contributed by atoms with Gasteiger partial charge in [-0.1, -0.05) is 46.0 Å². The van der Waals surface area contributed by atoms with E-state index >= 15 is 0 Å². The summed E-state index contributed by atoms with van der Waals surface area (Å²) in [5.41, 5.74) is -2.84. The van der Waals surface area contributed by atoms with E-state index < -0.39 is 34.7 Å². The highest BCUT2D eigenvalue weighted by Gasteiger charge is 2.28. The first kappa shape index (κ1) is 34.7. The zero-order valence-electron chi connectivity index (χ0n) is 21.3. The number of hydrogen-bond donors (Lipinski definition) is 4. The smallest absolute Gasteiger partial charge is 0.428 e. The maximum absolute atomic E-state index is 11.0. The first-order valence-corrected chi connectivity index (χ1v) is 11.8. The maximum Gasteiger partial charge on any atom is 0.519 e. The molecule has 2 saturated carbocycles. The summed E-state index contributed by atoms with van der Waals surface area (Å²) >= 11 is 0. The minimum atomic E-state index is -1.06. The molecule has 0 saturated heterocycles. The zero-order chi connectivity index (χ0) is 25.8. The molecule has 0 heterocycles. The molecule has 0 spiro atoms. The van der Waals surface area contributed by atoms with Gasteiger partial charge in [-0.3, -0.25) is 0 Å². The lowest BCUT2D eigenvalue weighted by Gasteiger charge is -2.29. The van der Waals surface area contributed by atoms with Crippen LogP contribution in [0.2, 0.25) is 0 Å². The fourth-order valence-corrected chi connectivity index (χ4v) is 3.35. The number of aliphatic hydroxyl groups excluding tert-OH is 2. The standard InChI is InChI=1S/C10H18O5.2C7H14O2.CH4/c1-9(2,3)14-7(11)13-8(12)15-10(4,5)6;2*8-6-7(9)4-2-1-3-5-7;/h1-6H3;2*8-9H,1-6H2;1H4. The second-order valence-corrected chi connectivity index (χ2v) is 10.9. The molecule has 0 atom stereocenters. The van der Waals surface area contributed by atoms with Gasteiger partial charge in [-0.2, -0.15) is 0 Å². The van der Waals surface area contributed by atoms with Gasteiger partial charge in [0.2, 0.25) is 0 Å². The molecule has 0 aliphatic heterocycles. The molecule has 204 valence electrons. The van der Waals surface area contributed by atoms with Gasteiger partial charge >= 0.3 is 12.3 Å². The molecule has 0 unspecified atom stereocenters. The molecule has 2 aliphatic rings. The van der Waals surface area contributed by atoms with Crippen molar-refractivity contribution in [1.29, 1.82) is 0 Å². The van der Waals surface area contributed by atoms with E-state index in [9.17, 15) is 19.8 Å². The van der Waals surface area contributed by atoms with Gasteiger partial charge in [-0.25, -0.2) is 9.59 Å². The Morgan fingerprint density at radius 1 is 0.647 bits per heavy atom. The first-order valence-electron chi connectivity index (χ1n) is 11.8. The maximum atomic E-state index is 11.0. The molecular formula is C25H50O9. The highest BCUT2D eigenvalue weighted by molar-refractivity contribution is 5.77. The van der Waals surface area contributed by atoms with Crippen molar-refractivity contribution in [2.75, 3.05) is 13.2 Å². The van der Waals surface area contributed by atoms with Gasteiger partial charge in [0.25, 0.3) is 0 Å². The van der Waals surface area contributed by atoms with Gasteiger partial charge < -0.3 is 34.6 Å². The Hall–Kier alpha value is -1.42. The molecule has 0 aromatic rings. The average molecular weight is 495 g/mol. The third-order valence-corrected chi connectivity index (χ3v) is 5.10. The van der Waals surface area contributed by atoms with Crippen molar-refractivity contribution in [1.82, 2.24) is 0 Å². The molecule has 0 radical (unpaired) electrons. The summed E-state index contributed by atoms with van der Waals surface area (Å²) in [6.07, 6.45) is 7.70. The summed E-state index contributed by atoms with van der Waals surface area (Å²) in [6.45, 7) is 9.89. The molecule has 34 heavy (non-hydrogen) atoms. The summed E-state index contributed by atoms with van der Waals surface area (Å²) in [5.74, 6) is 0. The Morgan fingerprint density at radius 3 is 1.09 bits per heavy atom. The number of carbonyl (C=O) groups is 2. The minimum Gasteiger partial charge on any atom is -0.428 e. The van der Waals surface area contributed by atoms with Crippen LogP contribution in [0.25, 0.3) is 0 Å². The van der Waals surface area contributed by atoms with Crippen molar-refractivity contribution >= 4 is 12.3 Å². The van der Waals surface area contributed by atoms with Crippen LogP contribution in [-0.4, -0.2) is 68.4 Å². The van der Waals surface area contributed by atoms with Crippen molar-refractivity contribution in [3.8, 4) is 0 Å². The number of carbonyl (C=O) groups excluding carboxylic acids is 2. The number of hydrogen-bond acceptors (Lipinski definition) is 9. The fraction of sp³-hybridized carbons (Fsp3) is 0.920. The first-order chi connectivity index (χ1) is 15.0. The predicted molar refractivity (Wildman–Crippen MR) is 131 cm³/mol. The van der Waals surface area contributed by atoms with Gasteiger partial charge in [0.15, 0.2) is 0 Å². The van der Waals surface area contributed by atoms with Crippen LogP contribution in [0.5, 0.6) is 0 Å². The van der Waals surface area contributed by atoms with Crippen molar-refractivity contribution in [2.24, 2.45) is 0 Å². The third-order valence-electron chi connectivity index (χ3n) is 5.10. The second-order valence-electron chi connectivity index (χ2n) is 10.9. The molecule has 9 nitrogen and oxygen atoms in total. The SMILES string of the molecule is C.CC(C)(C)OC(=O)OC(=O)OC(C)(C)C.OCC1(O)CCCCC1.OCC1(O)CCCCC1. The van der Waals surface area contributed by atoms with Gasteiger partial charge in [0.05, 0.1) is 24.4 Å². The van der Waals surface area contributed by atoms with Crippen LogP contribution in [-0.2, 0) is 14.2 Å². The lowest BCUT2D eigenvalue weighted by atomic mass is 9.86. The van der Waals surface area contributed by atoms with E-state index in [0.29, 0.717) is 0 Å². The van der Waals surface area contributed by atoms with Gasteiger partial charge in [0, 0.05) is 0 Å². The molecule has 2 aliphatic carbocycles. The van der Waals surface area contributed by atoms with Crippen LogP contribution in [0.1, 0.15) is 113 Å². The summed E-state index contributed by atoms with van der Waals surface area (Å²) in [5, 5.41) is 36.3. The Labute approximate surface area is 205 Å². The Kier molecular flexibility index (Phi) is 15.9. The zero-order valence-corrected chi connectivity index (χ0v) is 21.3. The molecule has 2 fully saturated rings. The minimum absolute atomic E-state index is 0. The fourth-order valence-electron chi connectivity index (χ4n) is 3.35. The average Bonchev–Trinajstić information content (AvgIpc) is 2.67. The van der Waals surface area contributed by atoms with E-state index in [1.54, 1.807) is 41.5 Å². The van der Waals surface area contributed by atoms with Crippen molar-refractivity contribution in [3.63, 3.8) is 0 Å². The van der Waals surface area contributed by atoms with Crippen LogP contribution in [0, 0.1) is 0 Å². The van der Waals surface area contributed by atoms with E-state index in [4.69, 9.17) is 19.7 Å². The monoisotopic (exact) mass is 494 g/mol. The van der Waals surface area contributed by atoms with Gasteiger partial charge in [-0.05, 0) is 67.2 Å². The molecule has 0 aromatic carbocycles. The summed E-state index contributed by atoms with van der Waals surface area (Å²) in [6, 6.07) is 0. The quantitative estimate of drug-likeness (QED) is 0.312. The molecule has 4 N–H and O–H groups in total. The largest absolute Gasteiger partial charge is 0.519 e. The Morgan fingerprint density at radius 2 is 0.912 bits per heavy atom. The summed E-state index contributed by atoms with van der Waals surface area (Å²) < 4.78 is 13.8.